The molecule has 1 atom stereocenters. The molecule has 0 saturated carbocycles. The Labute approximate surface area is 173 Å². The van der Waals surface area contributed by atoms with E-state index in [1.54, 1.807) is 53.1 Å². The Kier molecular flexibility index (Phi) is 5.92. The number of amides is 1. The summed E-state index contributed by atoms with van der Waals surface area (Å²) < 4.78 is 27.7. The van der Waals surface area contributed by atoms with Gasteiger partial charge in [0.1, 0.15) is 6.04 Å². The normalized spacial score (nSPS) is 13.2. The van der Waals surface area contributed by atoms with E-state index < -0.39 is 22.0 Å². The maximum Gasteiger partial charge on any atom is 0.308 e. The number of hydrogen-bond donors (Lipinski definition) is 1. The van der Waals surface area contributed by atoms with Gasteiger partial charge < -0.3 is 5.32 Å². The molecule has 154 valence electrons. The molecule has 0 radical (unpaired) electrons. The molecule has 29 heavy (non-hydrogen) atoms. The van der Waals surface area contributed by atoms with E-state index in [2.05, 4.69) is 5.32 Å². The maximum absolute atomic E-state index is 13.0. The lowest BCUT2D eigenvalue weighted by atomic mass is 10.1. The number of aromatic nitrogens is 1. The third-order valence-electron chi connectivity index (χ3n) is 4.65. The minimum absolute atomic E-state index is 0.0302. The fourth-order valence-electron chi connectivity index (χ4n) is 3.17. The van der Waals surface area contributed by atoms with Gasteiger partial charge in [-0.15, -0.1) is 0 Å². The van der Waals surface area contributed by atoms with Crippen molar-refractivity contribution in [2.45, 2.75) is 25.9 Å². The molecule has 0 aliphatic heterocycles. The smallest absolute Gasteiger partial charge is 0.308 e. The highest BCUT2D eigenvalue weighted by molar-refractivity contribution is 7.88. The van der Waals surface area contributed by atoms with Crippen LogP contribution in [0.2, 0.25) is 0 Å². The van der Waals surface area contributed by atoms with Gasteiger partial charge in [0, 0.05) is 18.8 Å². The maximum atomic E-state index is 13.0. The van der Waals surface area contributed by atoms with E-state index in [0.717, 1.165) is 32.1 Å². The van der Waals surface area contributed by atoms with Gasteiger partial charge in [0.15, 0.2) is 0 Å². The molecular weight excluding hydrogens is 410 g/mol. The fraction of sp³-hybridized carbons (Fsp3) is 0.300. The monoisotopic (exact) mass is 433 g/mol. The number of carbonyl (C=O) groups is 1. The number of hydrogen-bond acceptors (Lipinski definition) is 5. The van der Waals surface area contributed by atoms with Crippen molar-refractivity contribution in [1.29, 1.82) is 0 Å². The number of thiazole rings is 1. The third kappa shape index (κ3) is 4.42. The van der Waals surface area contributed by atoms with Gasteiger partial charge in [-0.2, -0.15) is 4.31 Å². The molecule has 1 unspecified atom stereocenters. The summed E-state index contributed by atoms with van der Waals surface area (Å²) in [4.78, 5) is 25.2. The summed E-state index contributed by atoms with van der Waals surface area (Å²) >= 11 is 1.11. The van der Waals surface area contributed by atoms with Gasteiger partial charge in [0.2, 0.25) is 15.9 Å². The Bertz CT molecular complexity index is 1200. The van der Waals surface area contributed by atoms with Crippen LogP contribution < -0.4 is 10.2 Å². The standard InChI is InChI=1S/C20H23N3O4S2/c1-13(2)23-16-11-10-15(12-17(16)28-20(23)25)21-19(24)18(22(3)29(4,26)27)14-8-6-5-7-9-14/h5-13,18H,1-4H3,(H,21,24). The SMILES string of the molecule is CC(C)n1c(=O)sc2cc(NC(=O)C(c3ccccc3)N(C)S(C)(=O)=O)ccc21. The summed E-state index contributed by atoms with van der Waals surface area (Å²) in [5.74, 6) is -0.473. The average molecular weight is 434 g/mol. The molecule has 3 rings (SSSR count). The zero-order valence-electron chi connectivity index (χ0n) is 16.6. The number of nitrogens with one attached hydrogen (secondary N) is 1. The number of nitrogens with zero attached hydrogens (tertiary/aromatic N) is 2. The molecule has 2 aromatic carbocycles. The number of benzene rings is 2. The molecule has 0 spiro atoms. The molecule has 1 heterocycles. The molecule has 9 heteroatoms. The zero-order chi connectivity index (χ0) is 21.3. The van der Waals surface area contributed by atoms with Crippen LogP contribution in [-0.2, 0) is 14.8 Å². The van der Waals surface area contributed by atoms with Crippen molar-refractivity contribution in [3.05, 3.63) is 63.8 Å². The van der Waals surface area contributed by atoms with Crippen LogP contribution in [0.5, 0.6) is 0 Å². The van der Waals surface area contributed by atoms with Crippen molar-refractivity contribution >= 4 is 43.2 Å². The summed E-state index contributed by atoms with van der Waals surface area (Å²) in [6.07, 6.45) is 1.06. The van der Waals surface area contributed by atoms with E-state index in [-0.39, 0.29) is 10.9 Å². The van der Waals surface area contributed by atoms with Crippen LogP contribution in [0.1, 0.15) is 31.5 Å². The third-order valence-corrected chi connectivity index (χ3v) is 6.82. The Morgan fingerprint density at radius 1 is 1.14 bits per heavy atom. The van der Waals surface area contributed by atoms with Gasteiger partial charge >= 0.3 is 4.87 Å². The number of likely N-dealkylation sites (N-methyl/N-ethyl adjacent to an activating group) is 1. The van der Waals surface area contributed by atoms with Gasteiger partial charge in [0.05, 0.1) is 16.5 Å². The largest absolute Gasteiger partial charge is 0.324 e. The van der Waals surface area contributed by atoms with Gasteiger partial charge in [-0.3, -0.25) is 14.2 Å². The zero-order valence-corrected chi connectivity index (χ0v) is 18.3. The van der Waals surface area contributed by atoms with Crippen LogP contribution in [0, 0.1) is 0 Å². The van der Waals surface area contributed by atoms with Crippen molar-refractivity contribution in [3.63, 3.8) is 0 Å². The fourth-order valence-corrected chi connectivity index (χ4v) is 4.82. The van der Waals surface area contributed by atoms with Crippen LogP contribution in [-0.4, -0.2) is 36.5 Å². The average Bonchev–Trinajstić information content (AvgIpc) is 2.97. The van der Waals surface area contributed by atoms with E-state index >= 15 is 0 Å². The highest BCUT2D eigenvalue weighted by atomic mass is 32.2. The second-order valence-electron chi connectivity index (χ2n) is 7.10. The van der Waals surface area contributed by atoms with Gasteiger partial charge in [-0.1, -0.05) is 41.7 Å². The molecule has 0 aliphatic carbocycles. The van der Waals surface area contributed by atoms with Crippen LogP contribution in [0.25, 0.3) is 10.2 Å². The summed E-state index contributed by atoms with van der Waals surface area (Å²) in [6.45, 7) is 3.88. The lowest BCUT2D eigenvalue weighted by Crippen LogP contribution is -2.38. The van der Waals surface area contributed by atoms with Crippen LogP contribution in [0.4, 0.5) is 5.69 Å². The number of sulfonamides is 1. The summed E-state index contributed by atoms with van der Waals surface area (Å²) in [6, 6.07) is 13.0. The second kappa shape index (κ2) is 8.10. The molecular formula is C20H23N3O4S2. The quantitative estimate of drug-likeness (QED) is 0.646. The van der Waals surface area contributed by atoms with Crippen LogP contribution >= 0.6 is 11.3 Å². The molecule has 1 amide bonds. The Balaban J connectivity index is 1.96. The van der Waals surface area contributed by atoms with Crippen molar-refractivity contribution < 1.29 is 13.2 Å². The predicted octanol–water partition coefficient (Wildman–Crippen LogP) is 3.22. The van der Waals surface area contributed by atoms with E-state index in [1.165, 1.54) is 7.05 Å². The van der Waals surface area contributed by atoms with E-state index in [0.29, 0.717) is 11.3 Å². The molecule has 1 N–H and O–H groups in total. The minimum atomic E-state index is -3.60. The van der Waals surface area contributed by atoms with Gasteiger partial charge in [0.25, 0.3) is 0 Å². The van der Waals surface area contributed by atoms with Crippen molar-refractivity contribution in [2.24, 2.45) is 0 Å². The summed E-state index contributed by atoms with van der Waals surface area (Å²) in [5, 5.41) is 2.79. The molecule has 0 bridgehead atoms. The highest BCUT2D eigenvalue weighted by Gasteiger charge is 2.30. The Hall–Kier alpha value is -2.49. The molecule has 3 aromatic rings. The van der Waals surface area contributed by atoms with Gasteiger partial charge in [-0.25, -0.2) is 8.42 Å². The number of fused-ring (bicyclic) bond motifs is 1. The first-order chi connectivity index (χ1) is 13.6. The Morgan fingerprint density at radius 3 is 2.38 bits per heavy atom. The van der Waals surface area contributed by atoms with E-state index in [9.17, 15) is 18.0 Å². The first kappa shape index (κ1) is 21.2. The number of rotatable bonds is 6. The first-order valence-electron chi connectivity index (χ1n) is 9.03. The molecule has 1 aromatic heterocycles. The highest BCUT2D eigenvalue weighted by Crippen LogP contribution is 2.27. The lowest BCUT2D eigenvalue weighted by molar-refractivity contribution is -0.119. The summed E-state index contributed by atoms with van der Waals surface area (Å²) in [7, 11) is -2.22. The number of anilines is 1. The van der Waals surface area contributed by atoms with Crippen LogP contribution in [0.3, 0.4) is 0 Å². The van der Waals surface area contributed by atoms with Gasteiger partial charge in [-0.05, 0) is 37.6 Å². The van der Waals surface area contributed by atoms with E-state index in [1.807, 2.05) is 13.8 Å². The molecule has 0 fully saturated rings. The minimum Gasteiger partial charge on any atom is -0.324 e. The lowest BCUT2D eigenvalue weighted by Gasteiger charge is -2.25. The van der Waals surface area contributed by atoms with Crippen molar-refractivity contribution in [2.75, 3.05) is 18.6 Å². The second-order valence-corrected chi connectivity index (χ2v) is 10.1. The van der Waals surface area contributed by atoms with E-state index in [4.69, 9.17) is 0 Å². The molecule has 0 aliphatic rings. The summed E-state index contributed by atoms with van der Waals surface area (Å²) in [5.41, 5.74) is 1.87. The number of carbonyl (C=O) groups excluding carboxylic acids is 1. The first-order valence-corrected chi connectivity index (χ1v) is 11.7. The predicted molar refractivity (Wildman–Crippen MR) is 117 cm³/mol. The topological polar surface area (TPSA) is 88.5 Å². The van der Waals surface area contributed by atoms with Crippen molar-refractivity contribution in [3.8, 4) is 0 Å². The Morgan fingerprint density at radius 2 is 1.79 bits per heavy atom. The van der Waals surface area contributed by atoms with Crippen LogP contribution in [0.15, 0.2) is 53.3 Å². The molecule has 0 saturated heterocycles. The van der Waals surface area contributed by atoms with Crippen molar-refractivity contribution in [1.82, 2.24) is 8.87 Å². The molecule has 7 nitrogen and oxygen atoms in total.